The second-order valence-electron chi connectivity index (χ2n) is 1.81. The maximum absolute atomic E-state index is 5.28. The smallest absolute Gasteiger partial charge is 0.155 e. The van der Waals surface area contributed by atoms with Gasteiger partial charge in [-0.05, 0) is 6.92 Å². The molecular formula is C5H9IO2. The number of alkyl halides is 1. The summed E-state index contributed by atoms with van der Waals surface area (Å²) in [7, 11) is 0. The molecule has 1 saturated heterocycles. The Labute approximate surface area is 62.7 Å². The zero-order valence-electron chi connectivity index (χ0n) is 4.76. The van der Waals surface area contributed by atoms with Crippen molar-refractivity contribution in [2.24, 2.45) is 0 Å². The van der Waals surface area contributed by atoms with Gasteiger partial charge in [-0.3, -0.25) is 0 Å². The molecule has 1 aliphatic rings. The van der Waals surface area contributed by atoms with Gasteiger partial charge in [0.15, 0.2) is 6.29 Å². The molecule has 0 aromatic heterocycles. The lowest BCUT2D eigenvalue weighted by Crippen LogP contribution is -2.11. The lowest BCUT2D eigenvalue weighted by molar-refractivity contribution is -0.0378. The summed E-state index contributed by atoms with van der Waals surface area (Å²) in [5.74, 6) is 0. The number of halogens is 1. The highest BCUT2D eigenvalue weighted by atomic mass is 127. The summed E-state index contributed by atoms with van der Waals surface area (Å²) in [6.07, 6.45) is 0.361. The molecule has 1 rings (SSSR count). The van der Waals surface area contributed by atoms with E-state index in [1.807, 2.05) is 6.92 Å². The van der Waals surface area contributed by atoms with Crippen LogP contribution in [0.15, 0.2) is 0 Å². The third-order valence-corrected chi connectivity index (χ3v) is 2.06. The summed E-state index contributed by atoms with van der Waals surface area (Å²) in [6, 6.07) is 0. The fourth-order valence-corrected chi connectivity index (χ4v) is 1.14. The molecule has 0 radical (unpaired) electrons. The van der Waals surface area contributed by atoms with Gasteiger partial charge in [-0.15, -0.1) is 0 Å². The molecule has 2 atom stereocenters. The molecule has 1 fully saturated rings. The first-order chi connectivity index (χ1) is 3.83. The van der Waals surface area contributed by atoms with Crippen molar-refractivity contribution < 1.29 is 9.47 Å². The van der Waals surface area contributed by atoms with E-state index in [1.54, 1.807) is 0 Å². The van der Waals surface area contributed by atoms with Crippen LogP contribution < -0.4 is 0 Å². The zero-order chi connectivity index (χ0) is 5.98. The molecule has 0 amide bonds. The van der Waals surface area contributed by atoms with E-state index in [-0.39, 0.29) is 6.29 Å². The molecule has 1 aliphatic heterocycles. The Balaban J connectivity index is 2.22. The van der Waals surface area contributed by atoms with Crippen molar-refractivity contribution in [1.29, 1.82) is 0 Å². The molecule has 0 unspecified atom stereocenters. The van der Waals surface area contributed by atoms with Crippen LogP contribution in [0.5, 0.6) is 0 Å². The molecule has 2 nitrogen and oxygen atoms in total. The molecular weight excluding hydrogens is 219 g/mol. The molecule has 0 spiro atoms. The first-order valence-electron chi connectivity index (χ1n) is 2.66. The second-order valence-corrected chi connectivity index (χ2v) is 2.69. The van der Waals surface area contributed by atoms with E-state index in [0.29, 0.717) is 6.10 Å². The van der Waals surface area contributed by atoms with Gasteiger partial charge in [-0.2, -0.15) is 0 Å². The molecule has 0 aliphatic carbocycles. The van der Waals surface area contributed by atoms with Gasteiger partial charge in [0.05, 0.1) is 12.7 Å². The number of ether oxygens (including phenoxy) is 2. The molecule has 0 N–H and O–H groups in total. The van der Waals surface area contributed by atoms with Crippen molar-refractivity contribution in [3.8, 4) is 0 Å². The van der Waals surface area contributed by atoms with Gasteiger partial charge < -0.3 is 9.47 Å². The van der Waals surface area contributed by atoms with Crippen molar-refractivity contribution in [3.05, 3.63) is 0 Å². The molecule has 3 heteroatoms. The van der Waals surface area contributed by atoms with Gasteiger partial charge in [0.2, 0.25) is 0 Å². The third kappa shape index (κ3) is 1.56. The summed E-state index contributed by atoms with van der Waals surface area (Å²) in [4.78, 5) is 0. The number of hydrogen-bond donors (Lipinski definition) is 0. The second kappa shape index (κ2) is 2.98. The van der Waals surface area contributed by atoms with Crippen LogP contribution in [0.1, 0.15) is 6.92 Å². The average Bonchev–Trinajstić information content (AvgIpc) is 2.14. The highest BCUT2D eigenvalue weighted by Crippen LogP contribution is 2.11. The summed E-state index contributed by atoms with van der Waals surface area (Å²) >= 11 is 2.29. The molecule has 0 bridgehead atoms. The van der Waals surface area contributed by atoms with Crippen molar-refractivity contribution in [2.45, 2.75) is 19.3 Å². The van der Waals surface area contributed by atoms with Gasteiger partial charge in [0, 0.05) is 4.43 Å². The standard InChI is InChI=1S/C5H9IO2/c1-4-7-3-5(2-6)8-4/h4-5H,2-3H2,1H3/t4-,5-/m1/s1. The fraction of sp³-hybridized carbons (Fsp3) is 1.00. The van der Waals surface area contributed by atoms with Gasteiger partial charge in [-0.1, -0.05) is 22.6 Å². The van der Waals surface area contributed by atoms with Crippen LogP contribution in [0.2, 0.25) is 0 Å². The van der Waals surface area contributed by atoms with Crippen molar-refractivity contribution >= 4 is 22.6 Å². The summed E-state index contributed by atoms with van der Waals surface area (Å²) in [5, 5.41) is 0. The summed E-state index contributed by atoms with van der Waals surface area (Å²) in [6.45, 7) is 2.69. The highest BCUT2D eigenvalue weighted by molar-refractivity contribution is 14.1. The predicted molar refractivity (Wildman–Crippen MR) is 39.2 cm³/mol. The van der Waals surface area contributed by atoms with Crippen molar-refractivity contribution in [1.82, 2.24) is 0 Å². The van der Waals surface area contributed by atoms with E-state index < -0.39 is 0 Å². The SMILES string of the molecule is C[C@@H]1OC[C@@H](CI)O1. The van der Waals surface area contributed by atoms with E-state index in [4.69, 9.17) is 9.47 Å². The van der Waals surface area contributed by atoms with E-state index >= 15 is 0 Å². The third-order valence-electron chi connectivity index (χ3n) is 1.07. The monoisotopic (exact) mass is 228 g/mol. The highest BCUT2D eigenvalue weighted by Gasteiger charge is 2.20. The zero-order valence-corrected chi connectivity index (χ0v) is 6.92. The Kier molecular flexibility index (Phi) is 2.52. The topological polar surface area (TPSA) is 18.5 Å². The van der Waals surface area contributed by atoms with E-state index in [0.717, 1.165) is 11.0 Å². The van der Waals surface area contributed by atoms with Crippen molar-refractivity contribution in [2.75, 3.05) is 11.0 Å². The van der Waals surface area contributed by atoms with Gasteiger partial charge in [-0.25, -0.2) is 0 Å². The van der Waals surface area contributed by atoms with Crippen LogP contribution >= 0.6 is 22.6 Å². The van der Waals surface area contributed by atoms with Crippen LogP contribution in [0, 0.1) is 0 Å². The summed E-state index contributed by atoms with van der Waals surface area (Å²) in [5.41, 5.74) is 0. The quantitative estimate of drug-likeness (QED) is 0.495. The Hall–Kier alpha value is 0.650. The first-order valence-corrected chi connectivity index (χ1v) is 4.18. The Morgan fingerprint density at radius 1 is 1.75 bits per heavy atom. The molecule has 0 saturated carbocycles. The van der Waals surface area contributed by atoms with Crippen LogP contribution in [-0.4, -0.2) is 23.4 Å². The maximum Gasteiger partial charge on any atom is 0.155 e. The van der Waals surface area contributed by atoms with Crippen LogP contribution in [0.3, 0.4) is 0 Å². The molecule has 8 heavy (non-hydrogen) atoms. The van der Waals surface area contributed by atoms with Gasteiger partial charge in [0.1, 0.15) is 0 Å². The Bertz CT molecular complexity index is 76.8. The van der Waals surface area contributed by atoms with Crippen LogP contribution in [0.25, 0.3) is 0 Å². The molecule has 0 aromatic carbocycles. The van der Waals surface area contributed by atoms with E-state index in [9.17, 15) is 0 Å². The minimum atomic E-state index is 0.0229. The van der Waals surface area contributed by atoms with Gasteiger partial charge in [0.25, 0.3) is 0 Å². The van der Waals surface area contributed by atoms with Crippen LogP contribution in [-0.2, 0) is 9.47 Å². The van der Waals surface area contributed by atoms with Crippen LogP contribution in [0.4, 0.5) is 0 Å². The van der Waals surface area contributed by atoms with Crippen molar-refractivity contribution in [3.63, 3.8) is 0 Å². The largest absolute Gasteiger partial charge is 0.350 e. The summed E-state index contributed by atoms with van der Waals surface area (Å²) < 4.78 is 11.4. The molecule has 1 heterocycles. The lowest BCUT2D eigenvalue weighted by Gasteiger charge is -2.01. The van der Waals surface area contributed by atoms with Gasteiger partial charge >= 0.3 is 0 Å². The fourth-order valence-electron chi connectivity index (χ4n) is 0.673. The van der Waals surface area contributed by atoms with E-state index in [2.05, 4.69) is 22.6 Å². The lowest BCUT2D eigenvalue weighted by atomic mass is 10.5. The first kappa shape index (κ1) is 6.77. The normalized spacial score (nSPS) is 38.2. The Morgan fingerprint density at radius 2 is 2.50 bits per heavy atom. The minimum Gasteiger partial charge on any atom is -0.350 e. The molecule has 0 aromatic rings. The Morgan fingerprint density at radius 3 is 2.75 bits per heavy atom. The number of rotatable bonds is 1. The van der Waals surface area contributed by atoms with E-state index in [1.165, 1.54) is 0 Å². The average molecular weight is 228 g/mol. The predicted octanol–water partition coefficient (Wildman–Crippen LogP) is 1.18. The number of hydrogen-bond acceptors (Lipinski definition) is 2. The minimum absolute atomic E-state index is 0.0229. The maximum atomic E-state index is 5.28. The molecule has 48 valence electrons.